The molecule has 0 aliphatic carbocycles. The number of rotatable bonds is 6. The predicted molar refractivity (Wildman–Crippen MR) is 88.7 cm³/mol. The van der Waals surface area contributed by atoms with Crippen molar-refractivity contribution in [2.45, 2.75) is 19.4 Å². The number of sulfonamides is 1. The first kappa shape index (κ1) is 17.2. The highest BCUT2D eigenvalue weighted by Gasteiger charge is 2.24. The number of ether oxygens (including phenoxy) is 1. The lowest BCUT2D eigenvalue weighted by atomic mass is 10.1. The molecule has 1 N–H and O–H groups in total. The molecule has 0 amide bonds. The van der Waals surface area contributed by atoms with Crippen molar-refractivity contribution in [2.75, 3.05) is 6.26 Å². The lowest BCUT2D eigenvalue weighted by Crippen LogP contribution is -2.44. The molecule has 23 heavy (non-hydrogen) atoms. The van der Waals surface area contributed by atoms with E-state index >= 15 is 0 Å². The smallest absolute Gasteiger partial charge is 0.329 e. The van der Waals surface area contributed by atoms with Gasteiger partial charge in [-0.2, -0.15) is 0 Å². The van der Waals surface area contributed by atoms with Gasteiger partial charge in [0.05, 0.1) is 6.26 Å². The SMILES string of the molecule is Cc1ccc(OC(=O)[C@H](Cc2ccccc2)NS(C)(=O)=O)cc1. The maximum atomic E-state index is 12.3. The fraction of sp³-hybridized carbons (Fsp3) is 0.235. The zero-order valence-electron chi connectivity index (χ0n) is 13.0. The Morgan fingerprint density at radius 2 is 1.70 bits per heavy atom. The molecule has 0 spiro atoms. The van der Waals surface area contributed by atoms with Gasteiger partial charge in [0.1, 0.15) is 11.8 Å². The molecule has 0 saturated carbocycles. The molecule has 0 radical (unpaired) electrons. The summed E-state index contributed by atoms with van der Waals surface area (Å²) in [5.74, 6) is -0.253. The summed E-state index contributed by atoms with van der Waals surface area (Å²) in [7, 11) is -3.54. The Bertz CT molecular complexity index is 755. The molecule has 1 atom stereocenters. The van der Waals surface area contributed by atoms with E-state index in [0.29, 0.717) is 5.75 Å². The van der Waals surface area contributed by atoms with Gasteiger partial charge in [-0.25, -0.2) is 17.9 Å². The quantitative estimate of drug-likeness (QED) is 0.649. The van der Waals surface area contributed by atoms with E-state index in [4.69, 9.17) is 4.74 Å². The molecule has 6 heteroatoms. The van der Waals surface area contributed by atoms with Gasteiger partial charge in [-0.05, 0) is 31.0 Å². The molecule has 2 aromatic carbocycles. The van der Waals surface area contributed by atoms with Gasteiger partial charge in [-0.1, -0.05) is 48.0 Å². The third-order valence-corrected chi connectivity index (χ3v) is 3.88. The minimum absolute atomic E-state index is 0.221. The highest BCUT2D eigenvalue weighted by Crippen LogP contribution is 2.13. The Morgan fingerprint density at radius 3 is 2.26 bits per heavy atom. The molecule has 0 unspecified atom stereocenters. The first-order valence-electron chi connectivity index (χ1n) is 7.13. The van der Waals surface area contributed by atoms with E-state index in [9.17, 15) is 13.2 Å². The van der Waals surface area contributed by atoms with Crippen LogP contribution in [0.4, 0.5) is 0 Å². The second-order valence-electron chi connectivity index (χ2n) is 5.37. The van der Waals surface area contributed by atoms with Gasteiger partial charge in [-0.15, -0.1) is 0 Å². The highest BCUT2D eigenvalue weighted by atomic mass is 32.2. The van der Waals surface area contributed by atoms with Crippen molar-refractivity contribution in [2.24, 2.45) is 0 Å². The van der Waals surface area contributed by atoms with Crippen molar-refractivity contribution in [1.29, 1.82) is 0 Å². The van der Waals surface area contributed by atoms with Gasteiger partial charge in [0.15, 0.2) is 0 Å². The Kier molecular flexibility index (Phi) is 5.52. The topological polar surface area (TPSA) is 72.5 Å². The Hall–Kier alpha value is -2.18. The molecule has 0 fully saturated rings. The average molecular weight is 333 g/mol. The van der Waals surface area contributed by atoms with Crippen molar-refractivity contribution < 1.29 is 17.9 Å². The summed E-state index contributed by atoms with van der Waals surface area (Å²) in [6.45, 7) is 1.93. The molecule has 2 aromatic rings. The van der Waals surface area contributed by atoms with Crippen LogP contribution in [0.2, 0.25) is 0 Å². The van der Waals surface area contributed by atoms with Gasteiger partial charge in [-0.3, -0.25) is 0 Å². The van der Waals surface area contributed by atoms with E-state index in [1.54, 1.807) is 12.1 Å². The second kappa shape index (κ2) is 7.39. The van der Waals surface area contributed by atoms with Crippen LogP contribution in [0.1, 0.15) is 11.1 Å². The second-order valence-corrected chi connectivity index (χ2v) is 7.15. The number of esters is 1. The molecular weight excluding hydrogens is 314 g/mol. The number of carbonyl (C=O) groups is 1. The van der Waals surface area contributed by atoms with Crippen LogP contribution in [-0.2, 0) is 21.2 Å². The van der Waals surface area contributed by atoms with E-state index in [-0.39, 0.29) is 6.42 Å². The average Bonchev–Trinajstić information content (AvgIpc) is 2.48. The van der Waals surface area contributed by atoms with E-state index in [0.717, 1.165) is 17.4 Å². The number of nitrogens with one attached hydrogen (secondary N) is 1. The van der Waals surface area contributed by atoms with Crippen LogP contribution >= 0.6 is 0 Å². The molecule has 0 saturated heterocycles. The first-order valence-corrected chi connectivity index (χ1v) is 9.02. The zero-order chi connectivity index (χ0) is 16.9. The fourth-order valence-electron chi connectivity index (χ4n) is 2.07. The molecular formula is C17H19NO4S. The van der Waals surface area contributed by atoms with Crippen molar-refractivity contribution in [3.8, 4) is 5.75 Å². The zero-order valence-corrected chi connectivity index (χ0v) is 13.8. The summed E-state index contributed by atoms with van der Waals surface area (Å²) < 4.78 is 30.6. The van der Waals surface area contributed by atoms with Gasteiger partial charge in [0.2, 0.25) is 10.0 Å². The Morgan fingerprint density at radius 1 is 1.09 bits per heavy atom. The Balaban J connectivity index is 2.15. The lowest BCUT2D eigenvalue weighted by molar-refractivity contribution is -0.136. The molecule has 0 bridgehead atoms. The maximum Gasteiger partial charge on any atom is 0.329 e. The summed E-state index contributed by atoms with van der Waals surface area (Å²) in [5, 5.41) is 0. The van der Waals surface area contributed by atoms with E-state index in [1.165, 1.54) is 0 Å². The lowest BCUT2D eigenvalue weighted by Gasteiger charge is -2.16. The van der Waals surface area contributed by atoms with E-state index in [2.05, 4.69) is 4.72 Å². The van der Waals surface area contributed by atoms with Gasteiger partial charge >= 0.3 is 5.97 Å². The fourth-order valence-corrected chi connectivity index (χ4v) is 2.77. The molecule has 0 aromatic heterocycles. The third kappa shape index (κ3) is 5.84. The first-order chi connectivity index (χ1) is 10.8. The molecule has 0 heterocycles. The molecule has 122 valence electrons. The standard InChI is InChI=1S/C17H19NO4S/c1-13-8-10-15(11-9-13)22-17(19)16(18-23(2,20)21)12-14-6-4-3-5-7-14/h3-11,16,18H,12H2,1-2H3/t16-/m0/s1. The van der Waals surface area contributed by atoms with Crippen molar-refractivity contribution in [3.63, 3.8) is 0 Å². The van der Waals surface area contributed by atoms with Gasteiger partial charge in [0.25, 0.3) is 0 Å². The van der Waals surface area contributed by atoms with Crippen LogP contribution in [-0.4, -0.2) is 26.7 Å². The minimum atomic E-state index is -3.54. The monoisotopic (exact) mass is 333 g/mol. The molecule has 2 rings (SSSR count). The largest absolute Gasteiger partial charge is 0.425 e. The van der Waals surface area contributed by atoms with Crippen molar-refractivity contribution in [3.05, 3.63) is 65.7 Å². The summed E-state index contributed by atoms with van der Waals surface area (Å²) in [5.41, 5.74) is 1.88. The predicted octanol–water partition coefficient (Wildman–Crippen LogP) is 2.06. The van der Waals surface area contributed by atoms with Crippen LogP contribution in [0.25, 0.3) is 0 Å². The molecule has 5 nitrogen and oxygen atoms in total. The molecule has 0 aliphatic heterocycles. The van der Waals surface area contributed by atoms with Crippen LogP contribution in [0.5, 0.6) is 5.75 Å². The van der Waals surface area contributed by atoms with E-state index < -0.39 is 22.0 Å². The summed E-state index contributed by atoms with van der Waals surface area (Å²) >= 11 is 0. The summed E-state index contributed by atoms with van der Waals surface area (Å²) in [4.78, 5) is 12.3. The van der Waals surface area contributed by atoms with Crippen molar-refractivity contribution >= 4 is 16.0 Å². The summed E-state index contributed by atoms with van der Waals surface area (Å²) in [6.07, 6.45) is 1.24. The van der Waals surface area contributed by atoms with Crippen LogP contribution in [0.3, 0.4) is 0 Å². The van der Waals surface area contributed by atoms with Crippen LogP contribution in [0, 0.1) is 6.92 Å². The van der Waals surface area contributed by atoms with Crippen LogP contribution < -0.4 is 9.46 Å². The Labute approximate surface area is 136 Å². The number of hydrogen-bond acceptors (Lipinski definition) is 4. The van der Waals surface area contributed by atoms with Gasteiger partial charge in [0, 0.05) is 0 Å². The highest BCUT2D eigenvalue weighted by molar-refractivity contribution is 7.88. The molecule has 0 aliphatic rings. The number of carbonyl (C=O) groups excluding carboxylic acids is 1. The van der Waals surface area contributed by atoms with Crippen molar-refractivity contribution in [1.82, 2.24) is 4.72 Å². The number of benzene rings is 2. The van der Waals surface area contributed by atoms with E-state index in [1.807, 2.05) is 49.4 Å². The summed E-state index contributed by atoms with van der Waals surface area (Å²) in [6, 6.07) is 15.2. The normalized spacial score (nSPS) is 12.6. The van der Waals surface area contributed by atoms with Gasteiger partial charge < -0.3 is 4.74 Å². The van der Waals surface area contributed by atoms with Crippen LogP contribution in [0.15, 0.2) is 54.6 Å². The minimum Gasteiger partial charge on any atom is -0.425 e. The maximum absolute atomic E-state index is 12.3. The number of aryl methyl sites for hydroxylation is 1. The number of hydrogen-bond donors (Lipinski definition) is 1. The third-order valence-electron chi connectivity index (χ3n) is 3.16.